The molecule has 0 fully saturated rings. The minimum Gasteiger partial charge on any atom is -0.481 e. The van der Waals surface area contributed by atoms with Crippen molar-refractivity contribution in [2.24, 2.45) is 0 Å². The molecule has 0 saturated heterocycles. The Kier molecular flexibility index (Phi) is 5.76. The predicted molar refractivity (Wildman–Crippen MR) is 92.6 cm³/mol. The molecule has 0 radical (unpaired) electrons. The number of nitro groups is 1. The number of rotatable bonds is 6. The SMILES string of the molecule is CC[C@@H](Oc1cccc(Cl)c1)C(=O)Nc1cc([N+](=O)[O-])ccc1C. The van der Waals surface area contributed by atoms with Gasteiger partial charge in [0.1, 0.15) is 5.75 Å². The van der Waals surface area contributed by atoms with Crippen molar-refractivity contribution >= 4 is 28.9 Å². The van der Waals surface area contributed by atoms with Gasteiger partial charge in [0.2, 0.25) is 0 Å². The number of non-ortho nitro benzene ring substituents is 1. The molecule has 6 nitrogen and oxygen atoms in total. The number of hydrogen-bond donors (Lipinski definition) is 1. The van der Waals surface area contributed by atoms with Crippen molar-refractivity contribution in [3.05, 3.63) is 63.2 Å². The smallest absolute Gasteiger partial charge is 0.271 e. The zero-order valence-corrected chi connectivity index (χ0v) is 14.0. The van der Waals surface area contributed by atoms with Gasteiger partial charge in [0, 0.05) is 17.2 Å². The van der Waals surface area contributed by atoms with Crippen LogP contribution in [0.2, 0.25) is 5.02 Å². The summed E-state index contributed by atoms with van der Waals surface area (Å²) in [6, 6.07) is 11.1. The van der Waals surface area contributed by atoms with Crippen LogP contribution in [0, 0.1) is 17.0 Å². The van der Waals surface area contributed by atoms with Crippen molar-refractivity contribution < 1.29 is 14.5 Å². The number of anilines is 1. The Morgan fingerprint density at radius 2 is 2.08 bits per heavy atom. The molecule has 1 amide bonds. The van der Waals surface area contributed by atoms with Crippen LogP contribution >= 0.6 is 11.6 Å². The summed E-state index contributed by atoms with van der Waals surface area (Å²) in [4.78, 5) is 22.8. The van der Waals surface area contributed by atoms with Gasteiger partial charge in [-0.3, -0.25) is 14.9 Å². The second-order valence-electron chi connectivity index (χ2n) is 5.22. The first-order valence-electron chi connectivity index (χ1n) is 7.39. The number of amides is 1. The van der Waals surface area contributed by atoms with E-state index in [1.165, 1.54) is 12.1 Å². The van der Waals surface area contributed by atoms with Gasteiger partial charge in [0.15, 0.2) is 6.10 Å². The summed E-state index contributed by atoms with van der Waals surface area (Å²) in [6.45, 7) is 3.58. The summed E-state index contributed by atoms with van der Waals surface area (Å²) < 4.78 is 5.67. The first kappa shape index (κ1) is 17.7. The molecule has 2 aromatic carbocycles. The topological polar surface area (TPSA) is 81.5 Å². The van der Waals surface area contributed by atoms with Gasteiger partial charge in [-0.05, 0) is 37.1 Å². The lowest BCUT2D eigenvalue weighted by atomic mass is 10.1. The van der Waals surface area contributed by atoms with Crippen molar-refractivity contribution in [3.63, 3.8) is 0 Å². The second-order valence-corrected chi connectivity index (χ2v) is 5.65. The first-order valence-corrected chi connectivity index (χ1v) is 7.76. The quantitative estimate of drug-likeness (QED) is 0.621. The van der Waals surface area contributed by atoms with E-state index in [-0.39, 0.29) is 11.6 Å². The molecular formula is C17H17ClN2O4. The molecule has 1 N–H and O–H groups in total. The fourth-order valence-corrected chi connectivity index (χ4v) is 2.28. The Morgan fingerprint density at radius 3 is 2.71 bits per heavy atom. The molecule has 2 aromatic rings. The highest BCUT2D eigenvalue weighted by molar-refractivity contribution is 6.30. The number of nitro benzene ring substituents is 1. The number of hydrogen-bond acceptors (Lipinski definition) is 4. The summed E-state index contributed by atoms with van der Waals surface area (Å²) in [6.07, 6.45) is -0.297. The van der Waals surface area contributed by atoms with Crippen molar-refractivity contribution in [3.8, 4) is 5.75 Å². The molecule has 0 bridgehead atoms. The van der Waals surface area contributed by atoms with Gasteiger partial charge in [0.25, 0.3) is 11.6 Å². The molecule has 0 spiro atoms. The number of nitrogens with zero attached hydrogens (tertiary/aromatic N) is 1. The van der Waals surface area contributed by atoms with E-state index in [4.69, 9.17) is 16.3 Å². The first-order chi connectivity index (χ1) is 11.4. The monoisotopic (exact) mass is 348 g/mol. The number of carbonyl (C=O) groups excluding carboxylic acids is 1. The standard InChI is InChI=1S/C17H17ClN2O4/c1-3-16(24-14-6-4-5-12(18)9-14)17(21)19-15-10-13(20(22)23)8-7-11(15)2/h4-10,16H,3H2,1-2H3,(H,19,21)/t16-/m1/s1. The number of ether oxygens (including phenoxy) is 1. The van der Waals surface area contributed by atoms with Gasteiger partial charge in [-0.15, -0.1) is 0 Å². The number of nitrogens with one attached hydrogen (secondary N) is 1. The molecule has 0 saturated carbocycles. The van der Waals surface area contributed by atoms with Crippen LogP contribution < -0.4 is 10.1 Å². The van der Waals surface area contributed by atoms with Crippen LogP contribution in [0.3, 0.4) is 0 Å². The molecule has 1 atom stereocenters. The van der Waals surface area contributed by atoms with Gasteiger partial charge >= 0.3 is 0 Å². The second kappa shape index (κ2) is 7.79. The third-order valence-corrected chi connectivity index (χ3v) is 3.66. The van der Waals surface area contributed by atoms with E-state index in [9.17, 15) is 14.9 Å². The van der Waals surface area contributed by atoms with Crippen LogP contribution in [0.4, 0.5) is 11.4 Å². The maximum Gasteiger partial charge on any atom is 0.271 e. The fraction of sp³-hybridized carbons (Fsp3) is 0.235. The zero-order chi connectivity index (χ0) is 17.7. The molecule has 0 aliphatic rings. The Labute approximate surface area is 144 Å². The summed E-state index contributed by atoms with van der Waals surface area (Å²) in [7, 11) is 0. The molecule has 0 aliphatic heterocycles. The van der Waals surface area contributed by atoms with E-state index in [0.29, 0.717) is 22.9 Å². The Morgan fingerprint density at radius 1 is 1.33 bits per heavy atom. The van der Waals surface area contributed by atoms with Crippen LogP contribution in [0.25, 0.3) is 0 Å². The van der Waals surface area contributed by atoms with Crippen molar-refractivity contribution in [2.45, 2.75) is 26.4 Å². The number of carbonyl (C=O) groups is 1. The molecular weight excluding hydrogens is 332 g/mol. The highest BCUT2D eigenvalue weighted by atomic mass is 35.5. The van der Waals surface area contributed by atoms with E-state index < -0.39 is 11.0 Å². The minimum atomic E-state index is -0.734. The molecule has 7 heteroatoms. The van der Waals surface area contributed by atoms with E-state index >= 15 is 0 Å². The summed E-state index contributed by atoms with van der Waals surface area (Å²) >= 11 is 5.90. The minimum absolute atomic E-state index is 0.0836. The average molecular weight is 349 g/mol. The predicted octanol–water partition coefficient (Wildman–Crippen LogP) is 4.35. The molecule has 2 rings (SSSR count). The van der Waals surface area contributed by atoms with Gasteiger partial charge in [0.05, 0.1) is 10.6 Å². The lowest BCUT2D eigenvalue weighted by Gasteiger charge is -2.18. The largest absolute Gasteiger partial charge is 0.481 e. The molecule has 24 heavy (non-hydrogen) atoms. The van der Waals surface area contributed by atoms with E-state index in [0.717, 1.165) is 5.56 Å². The summed E-state index contributed by atoms with van der Waals surface area (Å²) in [5.74, 6) is 0.112. The maximum atomic E-state index is 12.4. The van der Waals surface area contributed by atoms with Crippen LogP contribution in [0.1, 0.15) is 18.9 Å². The number of aryl methyl sites for hydroxylation is 1. The lowest BCUT2D eigenvalue weighted by molar-refractivity contribution is -0.384. The molecule has 126 valence electrons. The van der Waals surface area contributed by atoms with Gasteiger partial charge < -0.3 is 10.1 Å². The van der Waals surface area contributed by atoms with E-state index in [1.807, 2.05) is 6.92 Å². The van der Waals surface area contributed by atoms with E-state index in [2.05, 4.69) is 5.32 Å². The summed E-state index contributed by atoms with van der Waals surface area (Å²) in [5.41, 5.74) is 1.04. The fourth-order valence-electron chi connectivity index (χ4n) is 2.10. The molecule has 0 aromatic heterocycles. The Bertz CT molecular complexity index is 764. The number of halogens is 1. The summed E-state index contributed by atoms with van der Waals surface area (Å²) in [5, 5.41) is 14.1. The van der Waals surface area contributed by atoms with Gasteiger partial charge in [-0.2, -0.15) is 0 Å². The van der Waals surface area contributed by atoms with Crippen molar-refractivity contribution in [1.29, 1.82) is 0 Å². The molecule has 0 unspecified atom stereocenters. The van der Waals surface area contributed by atoms with Crippen molar-refractivity contribution in [1.82, 2.24) is 0 Å². The molecule has 0 aliphatic carbocycles. The van der Waals surface area contributed by atoms with Crippen LogP contribution in [-0.4, -0.2) is 16.9 Å². The lowest BCUT2D eigenvalue weighted by Crippen LogP contribution is -2.32. The maximum absolute atomic E-state index is 12.4. The van der Waals surface area contributed by atoms with Gasteiger partial charge in [-0.25, -0.2) is 0 Å². The van der Waals surface area contributed by atoms with Gasteiger partial charge in [-0.1, -0.05) is 30.7 Å². The normalized spacial score (nSPS) is 11.6. The van der Waals surface area contributed by atoms with E-state index in [1.54, 1.807) is 37.3 Å². The highest BCUT2D eigenvalue weighted by Gasteiger charge is 2.20. The average Bonchev–Trinajstić information content (AvgIpc) is 2.54. The highest BCUT2D eigenvalue weighted by Crippen LogP contribution is 2.23. The Balaban J connectivity index is 2.15. The zero-order valence-electron chi connectivity index (χ0n) is 13.3. The van der Waals surface area contributed by atoms with Crippen LogP contribution in [0.5, 0.6) is 5.75 Å². The number of benzene rings is 2. The molecule has 0 heterocycles. The Hall–Kier alpha value is -2.60. The third-order valence-electron chi connectivity index (χ3n) is 3.43. The van der Waals surface area contributed by atoms with Crippen molar-refractivity contribution in [2.75, 3.05) is 5.32 Å². The van der Waals surface area contributed by atoms with Crippen LogP contribution in [-0.2, 0) is 4.79 Å². The third kappa shape index (κ3) is 4.45. The van der Waals surface area contributed by atoms with Crippen LogP contribution in [0.15, 0.2) is 42.5 Å².